The van der Waals surface area contributed by atoms with Crippen LogP contribution in [-0.2, 0) is 0 Å². The topological polar surface area (TPSA) is 58.3 Å². The highest BCUT2D eigenvalue weighted by molar-refractivity contribution is 5.47. The highest BCUT2D eigenvalue weighted by Gasteiger charge is 2.19. The van der Waals surface area contributed by atoms with Gasteiger partial charge in [-0.15, -0.1) is 0 Å². The molecule has 19 heavy (non-hydrogen) atoms. The molecule has 6 heteroatoms. The van der Waals surface area contributed by atoms with Gasteiger partial charge >= 0.3 is 0 Å². The lowest BCUT2D eigenvalue weighted by molar-refractivity contribution is 0.580. The summed E-state index contributed by atoms with van der Waals surface area (Å²) in [6.07, 6.45) is 4.09. The fraction of sp³-hybridized carbons (Fsp3) is 0.615. The molecule has 1 aliphatic rings. The first kappa shape index (κ1) is 12.3. The van der Waals surface area contributed by atoms with Gasteiger partial charge < -0.3 is 10.2 Å². The fourth-order valence-corrected chi connectivity index (χ4v) is 2.70. The SMILES string of the molecule is CCN(CC1CCCN1)c1cc(C)nc2ncnn12. The van der Waals surface area contributed by atoms with Crippen molar-refractivity contribution in [2.45, 2.75) is 32.7 Å². The number of anilines is 1. The molecule has 1 fully saturated rings. The fourth-order valence-electron chi connectivity index (χ4n) is 2.70. The molecule has 1 aliphatic heterocycles. The second kappa shape index (κ2) is 5.13. The van der Waals surface area contributed by atoms with Crippen LogP contribution in [0, 0.1) is 6.92 Å². The molecule has 0 spiro atoms. The number of rotatable bonds is 4. The van der Waals surface area contributed by atoms with Gasteiger partial charge in [0.25, 0.3) is 5.78 Å². The van der Waals surface area contributed by atoms with Gasteiger partial charge in [-0.3, -0.25) is 0 Å². The second-order valence-electron chi connectivity index (χ2n) is 5.06. The van der Waals surface area contributed by atoms with Crippen molar-refractivity contribution in [2.75, 3.05) is 24.5 Å². The zero-order chi connectivity index (χ0) is 13.2. The summed E-state index contributed by atoms with van der Waals surface area (Å²) in [4.78, 5) is 10.9. The minimum atomic E-state index is 0.576. The summed E-state index contributed by atoms with van der Waals surface area (Å²) < 4.78 is 1.82. The quantitative estimate of drug-likeness (QED) is 0.889. The van der Waals surface area contributed by atoms with Crippen molar-refractivity contribution >= 4 is 11.6 Å². The van der Waals surface area contributed by atoms with E-state index in [0.717, 1.165) is 31.1 Å². The molecular weight excluding hydrogens is 240 g/mol. The number of likely N-dealkylation sites (N-methyl/N-ethyl adjacent to an activating group) is 1. The van der Waals surface area contributed by atoms with Gasteiger partial charge in [0.05, 0.1) is 0 Å². The first-order chi connectivity index (χ1) is 9.28. The van der Waals surface area contributed by atoms with Crippen LogP contribution in [0.5, 0.6) is 0 Å². The van der Waals surface area contributed by atoms with Crippen LogP contribution < -0.4 is 10.2 Å². The van der Waals surface area contributed by atoms with Gasteiger partial charge in [0.2, 0.25) is 0 Å². The van der Waals surface area contributed by atoms with E-state index in [9.17, 15) is 0 Å². The average Bonchev–Trinajstić information content (AvgIpc) is 3.05. The van der Waals surface area contributed by atoms with E-state index in [1.165, 1.54) is 12.8 Å². The molecule has 0 amide bonds. The predicted molar refractivity (Wildman–Crippen MR) is 74.4 cm³/mol. The maximum Gasteiger partial charge on any atom is 0.254 e. The summed E-state index contributed by atoms with van der Waals surface area (Å²) in [6.45, 7) is 7.27. The van der Waals surface area contributed by atoms with Crippen molar-refractivity contribution in [3.05, 3.63) is 18.1 Å². The Balaban J connectivity index is 1.93. The van der Waals surface area contributed by atoms with E-state index < -0.39 is 0 Å². The van der Waals surface area contributed by atoms with Crippen LogP contribution in [0.15, 0.2) is 12.4 Å². The lowest BCUT2D eigenvalue weighted by Gasteiger charge is -2.26. The van der Waals surface area contributed by atoms with Gasteiger partial charge in [0.15, 0.2) is 0 Å². The van der Waals surface area contributed by atoms with Crippen molar-refractivity contribution < 1.29 is 0 Å². The number of nitrogens with one attached hydrogen (secondary N) is 1. The third kappa shape index (κ3) is 2.40. The molecule has 3 heterocycles. The first-order valence-corrected chi connectivity index (χ1v) is 6.93. The standard InChI is InChI=1S/C13H20N6/c1-3-18(8-11-5-4-6-14-11)12-7-10(2)17-13-15-9-16-19(12)13/h7,9,11,14H,3-6,8H2,1-2H3. The van der Waals surface area contributed by atoms with Crippen LogP contribution in [-0.4, -0.2) is 45.3 Å². The molecule has 6 nitrogen and oxygen atoms in total. The first-order valence-electron chi connectivity index (χ1n) is 6.93. The van der Waals surface area contributed by atoms with Crippen LogP contribution in [0.25, 0.3) is 5.78 Å². The Bertz CT molecular complexity index is 557. The van der Waals surface area contributed by atoms with Crippen molar-refractivity contribution in [1.29, 1.82) is 0 Å². The Morgan fingerprint density at radius 1 is 1.53 bits per heavy atom. The van der Waals surface area contributed by atoms with E-state index in [-0.39, 0.29) is 0 Å². The van der Waals surface area contributed by atoms with E-state index in [2.05, 4.69) is 38.3 Å². The molecule has 3 rings (SSSR count). The molecule has 0 aromatic carbocycles. The van der Waals surface area contributed by atoms with Crippen LogP contribution >= 0.6 is 0 Å². The predicted octanol–water partition coefficient (Wildman–Crippen LogP) is 1.01. The number of nitrogens with zero attached hydrogens (tertiary/aromatic N) is 5. The van der Waals surface area contributed by atoms with E-state index >= 15 is 0 Å². The molecule has 102 valence electrons. The minimum Gasteiger partial charge on any atom is -0.355 e. The Morgan fingerprint density at radius 3 is 3.16 bits per heavy atom. The number of aryl methyl sites for hydroxylation is 1. The van der Waals surface area contributed by atoms with Gasteiger partial charge in [-0.05, 0) is 33.2 Å². The summed E-state index contributed by atoms with van der Waals surface area (Å²) in [7, 11) is 0. The highest BCUT2D eigenvalue weighted by atomic mass is 15.4. The minimum absolute atomic E-state index is 0.576. The number of hydrogen-bond donors (Lipinski definition) is 1. The number of aromatic nitrogens is 4. The maximum atomic E-state index is 4.39. The van der Waals surface area contributed by atoms with Crippen LogP contribution in [0.2, 0.25) is 0 Å². The molecule has 0 saturated carbocycles. The molecule has 0 bridgehead atoms. The van der Waals surface area contributed by atoms with Gasteiger partial charge in [0.1, 0.15) is 12.1 Å². The van der Waals surface area contributed by atoms with Crippen molar-refractivity contribution in [3.8, 4) is 0 Å². The summed E-state index contributed by atoms with van der Waals surface area (Å²) in [5, 5.41) is 7.83. The normalized spacial score (nSPS) is 19.2. The Hall–Kier alpha value is -1.69. The Kier molecular flexibility index (Phi) is 3.33. The van der Waals surface area contributed by atoms with E-state index in [0.29, 0.717) is 11.8 Å². The number of hydrogen-bond acceptors (Lipinski definition) is 5. The second-order valence-corrected chi connectivity index (χ2v) is 5.06. The number of fused-ring (bicyclic) bond motifs is 1. The molecule has 1 saturated heterocycles. The van der Waals surface area contributed by atoms with Gasteiger partial charge in [-0.25, -0.2) is 4.98 Å². The van der Waals surface area contributed by atoms with Crippen LogP contribution in [0.4, 0.5) is 5.82 Å². The molecule has 0 aliphatic carbocycles. The average molecular weight is 260 g/mol. The van der Waals surface area contributed by atoms with Gasteiger partial charge in [-0.1, -0.05) is 0 Å². The lowest BCUT2D eigenvalue weighted by atomic mass is 10.2. The summed E-state index contributed by atoms with van der Waals surface area (Å²) >= 11 is 0. The summed E-state index contributed by atoms with van der Waals surface area (Å²) in [5.41, 5.74) is 0.980. The van der Waals surface area contributed by atoms with Crippen molar-refractivity contribution in [3.63, 3.8) is 0 Å². The summed E-state index contributed by atoms with van der Waals surface area (Å²) in [5.74, 6) is 1.75. The van der Waals surface area contributed by atoms with Crippen LogP contribution in [0.1, 0.15) is 25.5 Å². The maximum absolute atomic E-state index is 4.39. The van der Waals surface area contributed by atoms with Crippen molar-refractivity contribution in [2.24, 2.45) is 0 Å². The zero-order valence-electron chi connectivity index (χ0n) is 11.5. The highest BCUT2D eigenvalue weighted by Crippen LogP contribution is 2.17. The smallest absolute Gasteiger partial charge is 0.254 e. The van der Waals surface area contributed by atoms with E-state index in [4.69, 9.17) is 0 Å². The van der Waals surface area contributed by atoms with E-state index in [1.807, 2.05) is 11.4 Å². The molecule has 1 unspecified atom stereocenters. The Labute approximate surface area is 112 Å². The molecule has 2 aromatic rings. The zero-order valence-corrected chi connectivity index (χ0v) is 11.5. The third-order valence-electron chi connectivity index (χ3n) is 3.67. The Morgan fingerprint density at radius 2 is 2.42 bits per heavy atom. The molecule has 2 aromatic heterocycles. The monoisotopic (exact) mass is 260 g/mol. The van der Waals surface area contributed by atoms with Gasteiger partial charge in [-0.2, -0.15) is 14.6 Å². The molecule has 1 atom stereocenters. The summed E-state index contributed by atoms with van der Waals surface area (Å²) in [6, 6.07) is 2.66. The largest absolute Gasteiger partial charge is 0.355 e. The van der Waals surface area contributed by atoms with Crippen LogP contribution in [0.3, 0.4) is 0 Å². The van der Waals surface area contributed by atoms with E-state index in [1.54, 1.807) is 6.33 Å². The molecule has 0 radical (unpaired) electrons. The van der Waals surface area contributed by atoms with Gasteiger partial charge in [0, 0.05) is 30.9 Å². The molecular formula is C13H20N6. The third-order valence-corrected chi connectivity index (χ3v) is 3.67. The van der Waals surface area contributed by atoms with Crippen molar-refractivity contribution in [1.82, 2.24) is 24.9 Å². The lowest BCUT2D eigenvalue weighted by Crippen LogP contribution is -2.38. The molecule has 1 N–H and O–H groups in total.